The molecule has 3 N–H and O–H groups in total. The fraction of sp³-hybridized carbons (Fsp3) is 0.250. The average Bonchev–Trinajstić information content (AvgIpc) is 2.80. The summed E-state index contributed by atoms with van der Waals surface area (Å²) in [6.07, 6.45) is 2.27. The molecule has 106 valence electrons. The van der Waals surface area contributed by atoms with Crippen molar-refractivity contribution in [3.63, 3.8) is 0 Å². The highest BCUT2D eigenvalue weighted by molar-refractivity contribution is 9.10. The standard InChI is InChI=1S/C12H13BrFN5S/c1-19-6-17-18-9(19)4-5-16-8-3-2-7(12(15)20)10(13)11(8)14/h2-3,6,16H,4-5H2,1H3,(H2,15,20). The van der Waals surface area contributed by atoms with Gasteiger partial charge in [-0.1, -0.05) is 12.2 Å². The molecule has 1 aromatic heterocycles. The van der Waals surface area contributed by atoms with E-state index in [1.165, 1.54) is 0 Å². The Balaban J connectivity index is 2.05. The van der Waals surface area contributed by atoms with Crippen LogP contribution in [0.4, 0.5) is 10.1 Å². The van der Waals surface area contributed by atoms with Crippen molar-refractivity contribution in [2.45, 2.75) is 6.42 Å². The van der Waals surface area contributed by atoms with Crippen LogP contribution in [0.15, 0.2) is 22.9 Å². The van der Waals surface area contributed by atoms with Crippen LogP contribution in [-0.2, 0) is 13.5 Å². The molecular formula is C12H13BrFN5S. The number of aromatic nitrogens is 3. The van der Waals surface area contributed by atoms with Gasteiger partial charge >= 0.3 is 0 Å². The first-order chi connectivity index (χ1) is 9.50. The van der Waals surface area contributed by atoms with Gasteiger partial charge in [0.05, 0.1) is 10.2 Å². The summed E-state index contributed by atoms with van der Waals surface area (Å²) in [4.78, 5) is 0.154. The van der Waals surface area contributed by atoms with Gasteiger partial charge in [0, 0.05) is 25.6 Å². The minimum atomic E-state index is -0.409. The third-order valence-corrected chi connectivity index (χ3v) is 3.81. The second-order valence-electron chi connectivity index (χ2n) is 4.19. The lowest BCUT2D eigenvalue weighted by Crippen LogP contribution is -2.13. The molecule has 8 heteroatoms. The molecule has 1 aromatic carbocycles. The van der Waals surface area contributed by atoms with Crippen molar-refractivity contribution in [1.82, 2.24) is 14.8 Å². The summed E-state index contributed by atoms with van der Waals surface area (Å²) in [7, 11) is 1.86. The maximum absolute atomic E-state index is 14.1. The zero-order valence-corrected chi connectivity index (χ0v) is 13.1. The zero-order chi connectivity index (χ0) is 14.7. The fourth-order valence-corrected chi connectivity index (χ4v) is 2.58. The highest BCUT2D eigenvalue weighted by Gasteiger charge is 2.12. The van der Waals surface area contributed by atoms with E-state index >= 15 is 0 Å². The van der Waals surface area contributed by atoms with Crippen molar-refractivity contribution in [2.75, 3.05) is 11.9 Å². The van der Waals surface area contributed by atoms with Gasteiger partial charge in [-0.15, -0.1) is 10.2 Å². The third kappa shape index (κ3) is 3.13. The Hall–Kier alpha value is -1.54. The summed E-state index contributed by atoms with van der Waals surface area (Å²) in [5, 5.41) is 10.8. The summed E-state index contributed by atoms with van der Waals surface area (Å²) in [6, 6.07) is 3.30. The van der Waals surface area contributed by atoms with Crippen molar-refractivity contribution in [3.05, 3.63) is 40.1 Å². The molecule has 0 saturated heterocycles. The summed E-state index contributed by atoms with van der Waals surface area (Å²) in [6.45, 7) is 0.544. The molecule has 0 fully saturated rings. The highest BCUT2D eigenvalue weighted by Crippen LogP contribution is 2.27. The summed E-state index contributed by atoms with van der Waals surface area (Å²) >= 11 is 8.02. The Kier molecular flexibility index (Phi) is 4.66. The van der Waals surface area contributed by atoms with Crippen LogP contribution in [0.3, 0.4) is 0 Å². The minimum Gasteiger partial charge on any atom is -0.389 e. The average molecular weight is 358 g/mol. The van der Waals surface area contributed by atoms with Gasteiger partial charge in [0.1, 0.15) is 17.1 Å². The molecule has 2 aromatic rings. The number of benzene rings is 1. The van der Waals surface area contributed by atoms with Gasteiger partial charge in [0.2, 0.25) is 0 Å². The number of anilines is 1. The molecule has 0 atom stereocenters. The molecule has 0 aliphatic rings. The van der Waals surface area contributed by atoms with Gasteiger partial charge in [-0.05, 0) is 28.1 Å². The SMILES string of the molecule is Cn1cnnc1CCNc1ccc(C(N)=S)c(Br)c1F. The second-order valence-corrected chi connectivity index (χ2v) is 5.42. The number of thiocarbonyl (C=S) groups is 1. The molecule has 0 aliphatic heterocycles. The number of nitrogens with zero attached hydrogens (tertiary/aromatic N) is 3. The third-order valence-electron chi connectivity index (χ3n) is 2.82. The lowest BCUT2D eigenvalue weighted by Gasteiger charge is -2.11. The number of aryl methyl sites for hydroxylation is 1. The largest absolute Gasteiger partial charge is 0.389 e. The summed E-state index contributed by atoms with van der Waals surface area (Å²) < 4.78 is 16.2. The second kappa shape index (κ2) is 6.27. The van der Waals surface area contributed by atoms with E-state index < -0.39 is 5.82 Å². The topological polar surface area (TPSA) is 68.8 Å². The molecular weight excluding hydrogens is 345 g/mol. The van der Waals surface area contributed by atoms with Crippen LogP contribution >= 0.6 is 28.1 Å². The van der Waals surface area contributed by atoms with Crippen LogP contribution in [0, 0.1) is 5.82 Å². The van der Waals surface area contributed by atoms with Gasteiger partial charge in [0.15, 0.2) is 5.82 Å². The molecule has 2 rings (SSSR count). The minimum absolute atomic E-state index is 0.154. The molecule has 5 nitrogen and oxygen atoms in total. The predicted molar refractivity (Wildman–Crippen MR) is 83.2 cm³/mol. The van der Waals surface area contributed by atoms with Crippen molar-refractivity contribution < 1.29 is 4.39 Å². The Morgan fingerprint density at radius 2 is 2.30 bits per heavy atom. The number of nitrogens with two attached hydrogens (primary N) is 1. The first-order valence-electron chi connectivity index (χ1n) is 5.85. The van der Waals surface area contributed by atoms with E-state index in [2.05, 4.69) is 31.4 Å². The Bertz CT molecular complexity index is 643. The van der Waals surface area contributed by atoms with E-state index in [0.29, 0.717) is 24.2 Å². The quantitative estimate of drug-likeness (QED) is 0.801. The molecule has 1 heterocycles. The molecule has 0 amide bonds. The predicted octanol–water partition coefficient (Wildman–Crippen LogP) is 2.01. The Morgan fingerprint density at radius 3 is 2.90 bits per heavy atom. The van der Waals surface area contributed by atoms with Crippen LogP contribution in [0.1, 0.15) is 11.4 Å². The first-order valence-corrected chi connectivity index (χ1v) is 7.05. The first kappa shape index (κ1) is 14.9. The summed E-state index contributed by atoms with van der Waals surface area (Å²) in [5.41, 5.74) is 6.38. The zero-order valence-electron chi connectivity index (χ0n) is 10.7. The lowest BCUT2D eigenvalue weighted by molar-refractivity contribution is 0.622. The molecule has 0 bridgehead atoms. The number of halogens is 2. The Labute approximate surface area is 129 Å². The van der Waals surface area contributed by atoms with Crippen LogP contribution in [-0.4, -0.2) is 26.3 Å². The smallest absolute Gasteiger partial charge is 0.161 e. The number of rotatable bonds is 5. The van der Waals surface area contributed by atoms with Crippen LogP contribution < -0.4 is 11.1 Å². The van der Waals surface area contributed by atoms with E-state index in [9.17, 15) is 4.39 Å². The van der Waals surface area contributed by atoms with Gasteiger partial charge in [-0.2, -0.15) is 0 Å². The van der Waals surface area contributed by atoms with Crippen molar-refractivity contribution >= 4 is 38.8 Å². The molecule has 0 aliphatic carbocycles. The number of hydrogen-bond acceptors (Lipinski definition) is 4. The van der Waals surface area contributed by atoms with Gasteiger partial charge in [0.25, 0.3) is 0 Å². The monoisotopic (exact) mass is 357 g/mol. The Morgan fingerprint density at radius 1 is 1.55 bits per heavy atom. The molecule has 0 radical (unpaired) electrons. The van der Waals surface area contributed by atoms with Gasteiger partial charge in [-0.25, -0.2) is 4.39 Å². The van der Waals surface area contributed by atoms with Crippen LogP contribution in [0.25, 0.3) is 0 Å². The van der Waals surface area contributed by atoms with Crippen molar-refractivity contribution in [3.8, 4) is 0 Å². The molecule has 0 spiro atoms. The van der Waals surface area contributed by atoms with Crippen LogP contribution in [0.2, 0.25) is 0 Å². The maximum Gasteiger partial charge on any atom is 0.161 e. The van der Waals surface area contributed by atoms with Crippen molar-refractivity contribution in [1.29, 1.82) is 0 Å². The summed E-state index contributed by atoms with van der Waals surface area (Å²) in [5.74, 6) is 0.421. The van der Waals surface area contributed by atoms with E-state index in [1.54, 1.807) is 18.5 Å². The molecule has 0 unspecified atom stereocenters. The normalized spacial score (nSPS) is 10.6. The molecule has 20 heavy (non-hydrogen) atoms. The van der Waals surface area contributed by atoms with Crippen molar-refractivity contribution in [2.24, 2.45) is 12.8 Å². The van der Waals surface area contributed by atoms with E-state index in [0.717, 1.165) is 5.82 Å². The van der Waals surface area contributed by atoms with E-state index in [1.807, 2.05) is 11.6 Å². The highest BCUT2D eigenvalue weighted by atomic mass is 79.9. The lowest BCUT2D eigenvalue weighted by atomic mass is 10.2. The van der Waals surface area contributed by atoms with Gasteiger partial charge < -0.3 is 15.6 Å². The number of hydrogen-bond donors (Lipinski definition) is 2. The number of nitrogens with one attached hydrogen (secondary N) is 1. The van der Waals surface area contributed by atoms with E-state index in [4.69, 9.17) is 18.0 Å². The molecule has 0 saturated carbocycles. The fourth-order valence-electron chi connectivity index (χ4n) is 1.72. The van der Waals surface area contributed by atoms with Gasteiger partial charge in [-0.3, -0.25) is 0 Å². The van der Waals surface area contributed by atoms with Crippen LogP contribution in [0.5, 0.6) is 0 Å². The van der Waals surface area contributed by atoms with E-state index in [-0.39, 0.29) is 9.46 Å². The maximum atomic E-state index is 14.1.